The number of carbonyl (C=O) groups excluding carboxylic acids is 1. The minimum absolute atomic E-state index is 0.0107. The molecule has 2 atom stereocenters. The van der Waals surface area contributed by atoms with E-state index in [1.807, 2.05) is 44.4 Å². The molecule has 1 amide bonds. The molecule has 1 heterocycles. The Morgan fingerprint density at radius 1 is 1.21 bits per heavy atom. The monoisotopic (exact) mass is 375 g/mol. The highest BCUT2D eigenvalue weighted by atomic mass is 16.1. The van der Waals surface area contributed by atoms with Gasteiger partial charge in [-0.15, -0.1) is 0 Å². The van der Waals surface area contributed by atoms with Crippen molar-refractivity contribution in [3.05, 3.63) is 70.9 Å². The van der Waals surface area contributed by atoms with Crippen LogP contribution in [0.25, 0.3) is 10.9 Å². The molecule has 28 heavy (non-hydrogen) atoms. The van der Waals surface area contributed by atoms with Crippen LogP contribution in [0.3, 0.4) is 0 Å². The molecule has 0 spiro atoms. The van der Waals surface area contributed by atoms with Gasteiger partial charge in [0.05, 0.1) is 6.04 Å². The van der Waals surface area contributed by atoms with Crippen molar-refractivity contribution in [1.82, 2.24) is 15.2 Å². The van der Waals surface area contributed by atoms with Gasteiger partial charge in [-0.2, -0.15) is 0 Å². The van der Waals surface area contributed by atoms with Gasteiger partial charge >= 0.3 is 0 Å². The molecule has 1 aliphatic carbocycles. The molecule has 0 fully saturated rings. The first-order valence-electron chi connectivity index (χ1n) is 10.2. The molecule has 0 radical (unpaired) electrons. The zero-order valence-corrected chi connectivity index (χ0v) is 17.0. The van der Waals surface area contributed by atoms with Gasteiger partial charge in [0.25, 0.3) is 5.91 Å². The summed E-state index contributed by atoms with van der Waals surface area (Å²) in [5.74, 6) is 0.694. The number of aromatic nitrogens is 1. The third-order valence-corrected chi connectivity index (χ3v) is 5.96. The standard InChI is InChI=1S/C24H29N3O/c1-16-9-11-21-19(13-16)20-14-18(10-12-22(20)26-21)24(28)25-15-23(27(2)3)17-7-5-4-6-8-17/h4-8,10,12,14,16,23,26H,9,11,13,15H2,1-3H3,(H,25,28)/t16-,23-/m1/s1. The van der Waals surface area contributed by atoms with Gasteiger partial charge in [-0.05, 0) is 68.6 Å². The van der Waals surface area contributed by atoms with E-state index in [2.05, 4.69) is 40.3 Å². The Morgan fingerprint density at radius 2 is 2.00 bits per heavy atom. The Balaban J connectivity index is 1.53. The second kappa shape index (κ2) is 7.80. The Hall–Kier alpha value is -2.59. The number of fused-ring (bicyclic) bond motifs is 3. The Morgan fingerprint density at radius 3 is 2.75 bits per heavy atom. The number of benzene rings is 2. The fourth-order valence-corrected chi connectivity index (χ4v) is 4.30. The van der Waals surface area contributed by atoms with Crippen LogP contribution in [0.5, 0.6) is 0 Å². The molecule has 0 saturated heterocycles. The fraction of sp³-hybridized carbons (Fsp3) is 0.375. The van der Waals surface area contributed by atoms with E-state index in [0.717, 1.165) is 23.9 Å². The highest BCUT2D eigenvalue weighted by Gasteiger charge is 2.21. The molecule has 4 nitrogen and oxygen atoms in total. The highest BCUT2D eigenvalue weighted by Crippen LogP contribution is 2.32. The molecule has 0 saturated carbocycles. The third-order valence-electron chi connectivity index (χ3n) is 5.96. The molecule has 1 aliphatic rings. The van der Waals surface area contributed by atoms with E-state index >= 15 is 0 Å². The van der Waals surface area contributed by atoms with Gasteiger partial charge in [0.2, 0.25) is 0 Å². The average Bonchev–Trinajstić information content (AvgIpc) is 3.05. The number of aromatic amines is 1. The maximum Gasteiger partial charge on any atom is 0.251 e. The first-order chi connectivity index (χ1) is 13.5. The SMILES string of the molecule is C[C@@H]1CCc2[nH]c3ccc(C(=O)NC[C@H](c4ccccc4)N(C)C)cc3c2C1. The van der Waals surface area contributed by atoms with Gasteiger partial charge < -0.3 is 15.2 Å². The highest BCUT2D eigenvalue weighted by molar-refractivity contribution is 5.99. The van der Waals surface area contributed by atoms with E-state index in [4.69, 9.17) is 0 Å². The van der Waals surface area contributed by atoms with Crippen molar-refractivity contribution >= 4 is 16.8 Å². The van der Waals surface area contributed by atoms with Gasteiger partial charge in [-0.3, -0.25) is 4.79 Å². The smallest absolute Gasteiger partial charge is 0.251 e. The van der Waals surface area contributed by atoms with Gasteiger partial charge in [0.1, 0.15) is 0 Å². The van der Waals surface area contributed by atoms with Crippen molar-refractivity contribution in [2.24, 2.45) is 5.92 Å². The second-order valence-corrected chi connectivity index (χ2v) is 8.29. The lowest BCUT2D eigenvalue weighted by molar-refractivity contribution is 0.0942. The summed E-state index contributed by atoms with van der Waals surface area (Å²) in [7, 11) is 4.09. The summed E-state index contributed by atoms with van der Waals surface area (Å²) in [6, 6.07) is 16.5. The van der Waals surface area contributed by atoms with Crippen LogP contribution in [0.1, 0.15) is 46.6 Å². The van der Waals surface area contributed by atoms with Gasteiger partial charge in [-0.1, -0.05) is 37.3 Å². The maximum atomic E-state index is 12.9. The van der Waals surface area contributed by atoms with Crippen LogP contribution in [-0.2, 0) is 12.8 Å². The average molecular weight is 376 g/mol. The molecule has 0 unspecified atom stereocenters. The Kier molecular flexibility index (Phi) is 5.23. The number of hydrogen-bond acceptors (Lipinski definition) is 2. The number of nitrogens with one attached hydrogen (secondary N) is 2. The normalized spacial score (nSPS) is 17.5. The van der Waals surface area contributed by atoms with E-state index in [1.165, 1.54) is 28.6 Å². The third kappa shape index (κ3) is 3.69. The molecule has 4 heteroatoms. The van der Waals surface area contributed by atoms with E-state index in [1.54, 1.807) is 0 Å². The van der Waals surface area contributed by atoms with Crippen molar-refractivity contribution in [2.75, 3.05) is 20.6 Å². The first-order valence-corrected chi connectivity index (χ1v) is 10.2. The molecule has 4 rings (SSSR count). The van der Waals surface area contributed by atoms with Crippen LogP contribution in [0.15, 0.2) is 48.5 Å². The summed E-state index contributed by atoms with van der Waals surface area (Å²) in [6.45, 7) is 2.89. The predicted octanol–water partition coefficient (Wildman–Crippen LogP) is 4.33. The summed E-state index contributed by atoms with van der Waals surface area (Å²) in [6.07, 6.45) is 3.43. The number of rotatable bonds is 5. The summed E-state index contributed by atoms with van der Waals surface area (Å²) >= 11 is 0. The first kappa shape index (κ1) is 18.8. The lowest BCUT2D eigenvalue weighted by Gasteiger charge is -2.25. The number of carbonyl (C=O) groups is 1. The van der Waals surface area contributed by atoms with Gasteiger partial charge in [0, 0.05) is 28.7 Å². The number of hydrogen-bond donors (Lipinski definition) is 2. The molecular weight excluding hydrogens is 346 g/mol. The molecule has 0 bridgehead atoms. The number of aryl methyl sites for hydroxylation is 1. The molecule has 146 valence electrons. The Labute approximate surface area is 166 Å². The fourth-order valence-electron chi connectivity index (χ4n) is 4.30. The van der Waals surface area contributed by atoms with Crippen LogP contribution in [0, 0.1) is 5.92 Å². The van der Waals surface area contributed by atoms with Crippen molar-refractivity contribution in [2.45, 2.75) is 32.2 Å². The summed E-state index contributed by atoms with van der Waals surface area (Å²) in [4.78, 5) is 18.6. The number of amides is 1. The topological polar surface area (TPSA) is 48.1 Å². The van der Waals surface area contributed by atoms with E-state index in [-0.39, 0.29) is 11.9 Å². The predicted molar refractivity (Wildman–Crippen MR) is 115 cm³/mol. The molecule has 0 aliphatic heterocycles. The minimum Gasteiger partial charge on any atom is -0.358 e. The number of H-pyrrole nitrogens is 1. The van der Waals surface area contributed by atoms with Crippen molar-refractivity contribution in [3.8, 4) is 0 Å². The molecule has 1 aromatic heterocycles. The zero-order valence-electron chi connectivity index (χ0n) is 17.0. The van der Waals surface area contributed by atoms with Crippen LogP contribution in [0.2, 0.25) is 0 Å². The van der Waals surface area contributed by atoms with Crippen molar-refractivity contribution < 1.29 is 4.79 Å². The summed E-state index contributed by atoms with van der Waals surface area (Å²) in [5, 5.41) is 4.34. The largest absolute Gasteiger partial charge is 0.358 e. The molecule has 2 N–H and O–H groups in total. The van der Waals surface area contributed by atoms with Gasteiger partial charge in [0.15, 0.2) is 0 Å². The van der Waals surface area contributed by atoms with E-state index in [9.17, 15) is 4.79 Å². The van der Waals surface area contributed by atoms with Crippen molar-refractivity contribution in [3.63, 3.8) is 0 Å². The number of nitrogens with zero attached hydrogens (tertiary/aromatic N) is 1. The molecule has 2 aromatic carbocycles. The summed E-state index contributed by atoms with van der Waals surface area (Å²) in [5.41, 5.74) is 5.84. The lowest BCUT2D eigenvalue weighted by Crippen LogP contribution is -2.34. The van der Waals surface area contributed by atoms with Crippen LogP contribution >= 0.6 is 0 Å². The van der Waals surface area contributed by atoms with E-state index in [0.29, 0.717) is 12.5 Å². The van der Waals surface area contributed by atoms with Gasteiger partial charge in [-0.25, -0.2) is 0 Å². The second-order valence-electron chi connectivity index (χ2n) is 8.29. The van der Waals surface area contributed by atoms with Crippen LogP contribution in [0.4, 0.5) is 0 Å². The Bertz CT molecular complexity index is 974. The van der Waals surface area contributed by atoms with Crippen LogP contribution < -0.4 is 5.32 Å². The number of likely N-dealkylation sites (N-methyl/N-ethyl adjacent to an activating group) is 1. The maximum absolute atomic E-state index is 12.9. The minimum atomic E-state index is -0.0107. The lowest BCUT2D eigenvalue weighted by atomic mass is 9.87. The molecule has 3 aromatic rings. The summed E-state index contributed by atoms with van der Waals surface area (Å²) < 4.78 is 0. The zero-order chi connectivity index (χ0) is 19.7. The van der Waals surface area contributed by atoms with Crippen molar-refractivity contribution in [1.29, 1.82) is 0 Å². The molecular formula is C24H29N3O. The quantitative estimate of drug-likeness (QED) is 0.697. The van der Waals surface area contributed by atoms with Crippen LogP contribution in [-0.4, -0.2) is 36.4 Å². The van der Waals surface area contributed by atoms with E-state index < -0.39 is 0 Å².